The third-order valence-electron chi connectivity index (χ3n) is 4.26. The largest absolute Gasteiger partial charge is 0.492 e. The molecule has 6 nitrogen and oxygen atoms in total. The van der Waals surface area contributed by atoms with Gasteiger partial charge in [-0.05, 0) is 23.1 Å². The van der Waals surface area contributed by atoms with E-state index in [1.807, 2.05) is 42.5 Å². The number of nitrogens with one attached hydrogen (secondary N) is 2. The molecule has 1 amide bonds. The molecule has 7 heteroatoms. The molecule has 0 bridgehead atoms. The summed E-state index contributed by atoms with van der Waals surface area (Å²) in [5.41, 5.74) is 2.34. The normalized spacial score (nSPS) is 11.3. The number of hydrogen-bond acceptors (Lipinski definition) is 5. The lowest BCUT2D eigenvalue weighted by atomic mass is 9.87. The van der Waals surface area contributed by atoms with E-state index in [1.165, 1.54) is 17.3 Å². The first-order valence-electron chi connectivity index (χ1n) is 9.52. The fourth-order valence-electron chi connectivity index (χ4n) is 2.63. The van der Waals surface area contributed by atoms with Crippen molar-refractivity contribution < 1.29 is 9.53 Å². The number of thioether (sulfide) groups is 1. The van der Waals surface area contributed by atoms with Crippen LogP contribution in [0.2, 0.25) is 0 Å². The van der Waals surface area contributed by atoms with Crippen molar-refractivity contribution in [1.82, 2.24) is 20.5 Å². The molecule has 0 aliphatic heterocycles. The molecule has 0 atom stereocenters. The van der Waals surface area contributed by atoms with E-state index in [1.54, 1.807) is 0 Å². The Morgan fingerprint density at radius 1 is 1.10 bits per heavy atom. The van der Waals surface area contributed by atoms with Crippen LogP contribution in [0.1, 0.15) is 26.3 Å². The molecule has 1 aromatic heterocycles. The third kappa shape index (κ3) is 6.35. The first-order chi connectivity index (χ1) is 13.9. The van der Waals surface area contributed by atoms with Gasteiger partial charge in [0.25, 0.3) is 0 Å². The monoisotopic (exact) mass is 410 g/mol. The zero-order chi connectivity index (χ0) is 20.7. The van der Waals surface area contributed by atoms with E-state index in [-0.39, 0.29) is 17.1 Å². The third-order valence-corrected chi connectivity index (χ3v) is 5.11. The van der Waals surface area contributed by atoms with Crippen molar-refractivity contribution in [3.8, 4) is 17.1 Å². The van der Waals surface area contributed by atoms with E-state index in [4.69, 9.17) is 4.74 Å². The molecule has 3 rings (SSSR count). The van der Waals surface area contributed by atoms with Crippen LogP contribution in [0.3, 0.4) is 0 Å². The summed E-state index contributed by atoms with van der Waals surface area (Å²) < 4.78 is 5.69. The van der Waals surface area contributed by atoms with Gasteiger partial charge in [-0.2, -0.15) is 0 Å². The maximum Gasteiger partial charge on any atom is 0.230 e. The van der Waals surface area contributed by atoms with Crippen molar-refractivity contribution in [3.05, 3.63) is 60.2 Å². The molecule has 0 aliphatic carbocycles. The van der Waals surface area contributed by atoms with Crippen LogP contribution in [0.4, 0.5) is 0 Å². The van der Waals surface area contributed by atoms with Crippen LogP contribution in [0, 0.1) is 0 Å². The van der Waals surface area contributed by atoms with E-state index in [9.17, 15) is 4.79 Å². The summed E-state index contributed by atoms with van der Waals surface area (Å²) in [7, 11) is 0. The summed E-state index contributed by atoms with van der Waals surface area (Å²) in [6.07, 6.45) is 0. The number of carbonyl (C=O) groups is 1. The standard InChI is InChI=1S/C22H26N4O2S/c1-22(2,3)17-9-11-18(12-10-17)28-14-13-23-19(27)15-29-21-24-20(25-26-21)16-7-5-4-6-8-16/h4-12H,13-15H2,1-3H3,(H,23,27)(H,24,25,26). The number of nitrogens with zero attached hydrogens (tertiary/aromatic N) is 2. The lowest BCUT2D eigenvalue weighted by Gasteiger charge is -2.19. The van der Waals surface area contributed by atoms with E-state index < -0.39 is 0 Å². The lowest BCUT2D eigenvalue weighted by Crippen LogP contribution is -2.29. The molecule has 29 heavy (non-hydrogen) atoms. The second-order valence-electron chi connectivity index (χ2n) is 7.59. The highest BCUT2D eigenvalue weighted by molar-refractivity contribution is 7.99. The highest BCUT2D eigenvalue weighted by Gasteiger charge is 2.13. The minimum absolute atomic E-state index is 0.0762. The molecule has 2 aromatic carbocycles. The van der Waals surface area contributed by atoms with Gasteiger partial charge in [0.05, 0.1) is 12.3 Å². The van der Waals surface area contributed by atoms with Crippen molar-refractivity contribution in [2.24, 2.45) is 0 Å². The van der Waals surface area contributed by atoms with Crippen molar-refractivity contribution in [1.29, 1.82) is 0 Å². The summed E-state index contributed by atoms with van der Waals surface area (Å²) in [6.45, 7) is 7.40. The number of amides is 1. The number of H-pyrrole nitrogens is 1. The van der Waals surface area contributed by atoms with Crippen LogP contribution in [0.15, 0.2) is 59.8 Å². The number of benzene rings is 2. The molecule has 0 radical (unpaired) electrons. The fraction of sp³-hybridized carbons (Fsp3) is 0.318. The summed E-state index contributed by atoms with van der Waals surface area (Å²) in [5, 5.41) is 10.4. The van der Waals surface area contributed by atoms with Gasteiger partial charge in [0.1, 0.15) is 12.4 Å². The second kappa shape index (κ2) is 9.60. The summed E-state index contributed by atoms with van der Waals surface area (Å²) >= 11 is 1.30. The average Bonchev–Trinajstić information content (AvgIpc) is 3.19. The summed E-state index contributed by atoms with van der Waals surface area (Å²) in [5.74, 6) is 1.68. The average molecular weight is 411 g/mol. The van der Waals surface area contributed by atoms with Gasteiger partial charge in [-0.15, -0.1) is 5.10 Å². The molecule has 0 fully saturated rings. The van der Waals surface area contributed by atoms with Gasteiger partial charge in [0.2, 0.25) is 11.1 Å². The van der Waals surface area contributed by atoms with Gasteiger partial charge in [0, 0.05) is 5.56 Å². The SMILES string of the molecule is CC(C)(C)c1ccc(OCCNC(=O)CSc2n[nH]c(-c3ccccc3)n2)cc1. The predicted molar refractivity (Wildman–Crippen MR) is 116 cm³/mol. The number of rotatable bonds is 8. The van der Waals surface area contributed by atoms with Crippen LogP contribution in [0.5, 0.6) is 5.75 Å². The minimum Gasteiger partial charge on any atom is -0.492 e. The Hall–Kier alpha value is -2.80. The van der Waals surface area contributed by atoms with Gasteiger partial charge in [-0.1, -0.05) is 75.0 Å². The fourth-order valence-corrected chi connectivity index (χ4v) is 3.26. The molecular weight excluding hydrogens is 384 g/mol. The van der Waals surface area contributed by atoms with Gasteiger partial charge in [-0.25, -0.2) is 4.98 Å². The first-order valence-corrected chi connectivity index (χ1v) is 10.5. The van der Waals surface area contributed by atoms with Gasteiger partial charge in [0.15, 0.2) is 5.82 Å². The molecule has 0 saturated carbocycles. The summed E-state index contributed by atoms with van der Waals surface area (Å²) in [4.78, 5) is 16.4. The Balaban J connectivity index is 1.36. The maximum atomic E-state index is 12.0. The molecule has 3 aromatic rings. The van der Waals surface area contributed by atoms with Crippen molar-refractivity contribution in [2.75, 3.05) is 18.9 Å². The summed E-state index contributed by atoms with van der Waals surface area (Å²) in [6, 6.07) is 17.8. The minimum atomic E-state index is -0.0762. The second-order valence-corrected chi connectivity index (χ2v) is 8.54. The number of aromatic nitrogens is 3. The molecule has 0 spiro atoms. The van der Waals surface area contributed by atoms with Crippen molar-refractivity contribution in [2.45, 2.75) is 31.3 Å². The zero-order valence-corrected chi connectivity index (χ0v) is 17.8. The van der Waals surface area contributed by atoms with Crippen LogP contribution < -0.4 is 10.1 Å². The Morgan fingerprint density at radius 3 is 2.52 bits per heavy atom. The zero-order valence-electron chi connectivity index (χ0n) is 16.9. The number of ether oxygens (including phenoxy) is 1. The van der Waals surface area contributed by atoms with E-state index >= 15 is 0 Å². The van der Waals surface area contributed by atoms with E-state index in [0.29, 0.717) is 24.1 Å². The quantitative estimate of drug-likeness (QED) is 0.432. The van der Waals surface area contributed by atoms with E-state index in [2.05, 4.69) is 53.4 Å². The lowest BCUT2D eigenvalue weighted by molar-refractivity contribution is -0.118. The van der Waals surface area contributed by atoms with Crippen LogP contribution in [0.25, 0.3) is 11.4 Å². The van der Waals surface area contributed by atoms with Crippen molar-refractivity contribution in [3.63, 3.8) is 0 Å². The Kier molecular flexibility index (Phi) is 6.93. The van der Waals surface area contributed by atoms with Gasteiger partial charge < -0.3 is 10.1 Å². The Labute approximate surface area is 175 Å². The number of aromatic amines is 1. The van der Waals surface area contributed by atoms with Gasteiger partial charge in [-0.3, -0.25) is 9.89 Å². The molecule has 0 aliphatic rings. The number of hydrogen-bond donors (Lipinski definition) is 2. The Morgan fingerprint density at radius 2 is 1.83 bits per heavy atom. The molecule has 152 valence electrons. The first kappa shape index (κ1) is 20.9. The highest BCUT2D eigenvalue weighted by Crippen LogP contribution is 2.24. The smallest absolute Gasteiger partial charge is 0.230 e. The van der Waals surface area contributed by atoms with Crippen LogP contribution in [-0.4, -0.2) is 40.0 Å². The number of carbonyl (C=O) groups excluding carboxylic acids is 1. The molecule has 1 heterocycles. The van der Waals surface area contributed by atoms with Gasteiger partial charge >= 0.3 is 0 Å². The Bertz CT molecular complexity index is 918. The van der Waals surface area contributed by atoms with Crippen molar-refractivity contribution >= 4 is 17.7 Å². The topological polar surface area (TPSA) is 79.9 Å². The molecule has 0 saturated heterocycles. The molecular formula is C22H26N4O2S. The predicted octanol–water partition coefficient (Wildman–Crippen LogP) is 4.06. The highest BCUT2D eigenvalue weighted by atomic mass is 32.2. The van der Waals surface area contributed by atoms with E-state index in [0.717, 1.165) is 11.3 Å². The molecule has 0 unspecified atom stereocenters. The van der Waals surface area contributed by atoms with Crippen LogP contribution >= 0.6 is 11.8 Å². The molecule has 2 N–H and O–H groups in total. The maximum absolute atomic E-state index is 12.0. The van der Waals surface area contributed by atoms with Crippen LogP contribution in [-0.2, 0) is 10.2 Å².